The van der Waals surface area contributed by atoms with E-state index in [0.29, 0.717) is 30.6 Å². The first-order chi connectivity index (χ1) is 16.4. The Morgan fingerprint density at radius 3 is 2.24 bits per heavy atom. The number of hydrogen-bond acceptors (Lipinski definition) is 7. The highest BCUT2D eigenvalue weighted by Gasteiger charge is 2.28. The van der Waals surface area contributed by atoms with Crippen molar-refractivity contribution in [2.75, 3.05) is 58.7 Å². The minimum atomic E-state index is -3.21. The third-order valence-electron chi connectivity index (χ3n) is 6.90. The minimum absolute atomic E-state index is 0.311. The second kappa shape index (κ2) is 11.6. The molecular weight excluding hydrogens is 450 g/mol. The van der Waals surface area contributed by atoms with Crippen molar-refractivity contribution < 1.29 is 18.3 Å². The lowest BCUT2D eigenvalue weighted by atomic mass is 10.0. The largest absolute Gasteiger partial charge is 0.491 e. The van der Waals surface area contributed by atoms with Crippen LogP contribution in [-0.2, 0) is 16.4 Å². The maximum atomic E-state index is 12.1. The molecule has 0 radical (unpaired) electrons. The van der Waals surface area contributed by atoms with Crippen molar-refractivity contribution in [1.29, 1.82) is 0 Å². The average molecular weight is 488 g/mol. The van der Waals surface area contributed by atoms with E-state index in [2.05, 4.69) is 14.7 Å². The fourth-order valence-corrected chi connectivity index (χ4v) is 5.99. The van der Waals surface area contributed by atoms with Crippen LogP contribution in [0.5, 0.6) is 5.75 Å². The van der Waals surface area contributed by atoms with Crippen LogP contribution in [0.2, 0.25) is 0 Å². The zero-order chi connectivity index (χ0) is 24.0. The molecule has 2 aromatic carbocycles. The molecule has 2 aromatic rings. The molecule has 8 heteroatoms. The number of likely N-dealkylation sites (tertiary alicyclic amines) is 1. The zero-order valence-electron chi connectivity index (χ0n) is 20.1. The summed E-state index contributed by atoms with van der Waals surface area (Å²) in [4.78, 5) is 7.74. The number of piperazine rings is 1. The molecule has 0 saturated carbocycles. The molecule has 2 saturated heterocycles. The molecular formula is C26H37N3O4S. The van der Waals surface area contributed by atoms with Gasteiger partial charge in [0.1, 0.15) is 18.5 Å². The third-order valence-corrected chi connectivity index (χ3v) is 8.10. The van der Waals surface area contributed by atoms with Crippen LogP contribution in [0.1, 0.15) is 18.4 Å². The van der Waals surface area contributed by atoms with Gasteiger partial charge in [0.05, 0.1) is 4.90 Å². The number of para-hydroxylation sites is 1. The number of aliphatic hydroxyl groups is 1. The Labute approximate surface area is 203 Å². The molecule has 0 bridgehead atoms. The summed E-state index contributed by atoms with van der Waals surface area (Å²) in [5.41, 5.74) is 0.895. The van der Waals surface area contributed by atoms with Gasteiger partial charge in [-0.15, -0.1) is 0 Å². The summed E-state index contributed by atoms with van der Waals surface area (Å²) in [5.74, 6) is 0.789. The van der Waals surface area contributed by atoms with E-state index < -0.39 is 15.9 Å². The molecule has 0 amide bonds. The highest BCUT2D eigenvalue weighted by molar-refractivity contribution is 7.90. The first-order valence-electron chi connectivity index (χ1n) is 12.2. The summed E-state index contributed by atoms with van der Waals surface area (Å²) in [6.45, 7) is 7.57. The minimum Gasteiger partial charge on any atom is -0.491 e. The quantitative estimate of drug-likeness (QED) is 0.581. The molecule has 186 valence electrons. The summed E-state index contributed by atoms with van der Waals surface area (Å²) < 4.78 is 29.9. The number of β-amino-alcohol motifs (C(OH)–C–C–N with tert-alkyl or cyclic N) is 1. The van der Waals surface area contributed by atoms with E-state index in [1.807, 2.05) is 42.5 Å². The Bertz CT molecular complexity index is 1000. The Kier molecular flexibility index (Phi) is 8.60. The van der Waals surface area contributed by atoms with Gasteiger partial charge in [-0.1, -0.05) is 36.4 Å². The fraction of sp³-hybridized carbons (Fsp3) is 0.538. The van der Waals surface area contributed by atoms with Crippen molar-refractivity contribution in [1.82, 2.24) is 14.7 Å². The van der Waals surface area contributed by atoms with Crippen molar-refractivity contribution in [2.45, 2.75) is 36.4 Å². The summed E-state index contributed by atoms with van der Waals surface area (Å²) in [7, 11) is -3.21. The predicted octanol–water partition coefficient (Wildman–Crippen LogP) is 2.11. The van der Waals surface area contributed by atoms with Crippen LogP contribution in [0, 0.1) is 0 Å². The summed E-state index contributed by atoms with van der Waals surface area (Å²) >= 11 is 0. The van der Waals surface area contributed by atoms with E-state index in [-0.39, 0.29) is 0 Å². The Balaban J connectivity index is 1.17. The lowest BCUT2D eigenvalue weighted by Gasteiger charge is -2.43. The van der Waals surface area contributed by atoms with Crippen LogP contribution >= 0.6 is 0 Å². The fourth-order valence-electron chi connectivity index (χ4n) is 5.05. The smallest absolute Gasteiger partial charge is 0.175 e. The SMILES string of the molecule is CS(=O)(=O)c1ccccc1CN1CCC(N2CCN(CC(O)COc3ccccc3)CC2)CC1. The molecule has 2 heterocycles. The van der Waals surface area contributed by atoms with Crippen molar-refractivity contribution >= 4 is 9.84 Å². The van der Waals surface area contributed by atoms with E-state index in [4.69, 9.17) is 4.74 Å². The molecule has 1 unspecified atom stereocenters. The van der Waals surface area contributed by atoms with E-state index in [0.717, 1.165) is 63.4 Å². The number of ether oxygens (including phenoxy) is 1. The molecule has 0 aliphatic carbocycles. The highest BCUT2D eigenvalue weighted by atomic mass is 32.2. The number of rotatable bonds is 9. The van der Waals surface area contributed by atoms with Crippen LogP contribution in [-0.4, -0.2) is 99.0 Å². The maximum Gasteiger partial charge on any atom is 0.175 e. The monoisotopic (exact) mass is 487 g/mol. The zero-order valence-corrected chi connectivity index (χ0v) is 20.9. The summed E-state index contributed by atoms with van der Waals surface area (Å²) in [6.07, 6.45) is 3.00. The van der Waals surface area contributed by atoms with Crippen molar-refractivity contribution in [2.24, 2.45) is 0 Å². The van der Waals surface area contributed by atoms with Gasteiger partial charge in [-0.2, -0.15) is 0 Å². The standard InChI is InChI=1S/C26H37N3O4S/c1-34(31,32)26-10-6-5-7-22(26)19-27-13-11-23(12-14-27)29-17-15-28(16-18-29)20-24(30)21-33-25-8-3-2-4-9-25/h2-10,23-24,30H,11-21H2,1H3. The van der Waals surface area contributed by atoms with Gasteiger partial charge in [0, 0.05) is 51.6 Å². The molecule has 0 aromatic heterocycles. The second-order valence-corrected chi connectivity index (χ2v) is 11.5. The van der Waals surface area contributed by atoms with E-state index in [1.165, 1.54) is 6.26 Å². The Hall–Kier alpha value is -1.97. The molecule has 0 spiro atoms. The Morgan fingerprint density at radius 1 is 0.912 bits per heavy atom. The van der Waals surface area contributed by atoms with E-state index in [1.54, 1.807) is 12.1 Å². The average Bonchev–Trinajstić information content (AvgIpc) is 2.84. The van der Waals surface area contributed by atoms with Gasteiger partial charge in [0.2, 0.25) is 0 Å². The molecule has 4 rings (SSSR count). The Morgan fingerprint density at radius 2 is 1.56 bits per heavy atom. The lowest BCUT2D eigenvalue weighted by Crippen LogP contribution is -2.54. The van der Waals surface area contributed by atoms with Gasteiger partial charge in [-0.3, -0.25) is 14.7 Å². The van der Waals surface area contributed by atoms with Crippen molar-refractivity contribution in [3.05, 3.63) is 60.2 Å². The van der Waals surface area contributed by atoms with Gasteiger partial charge in [0.25, 0.3) is 0 Å². The van der Waals surface area contributed by atoms with Crippen LogP contribution in [0.3, 0.4) is 0 Å². The van der Waals surface area contributed by atoms with Crippen LogP contribution < -0.4 is 4.74 Å². The van der Waals surface area contributed by atoms with Gasteiger partial charge in [-0.05, 0) is 49.7 Å². The van der Waals surface area contributed by atoms with Gasteiger partial charge in [-0.25, -0.2) is 8.42 Å². The van der Waals surface area contributed by atoms with Gasteiger partial charge < -0.3 is 9.84 Å². The number of nitrogens with zero attached hydrogens (tertiary/aromatic N) is 3. The van der Waals surface area contributed by atoms with Crippen LogP contribution in [0.25, 0.3) is 0 Å². The molecule has 34 heavy (non-hydrogen) atoms. The molecule has 2 fully saturated rings. The number of hydrogen-bond donors (Lipinski definition) is 1. The van der Waals surface area contributed by atoms with Crippen molar-refractivity contribution in [3.63, 3.8) is 0 Å². The maximum absolute atomic E-state index is 12.1. The first-order valence-corrected chi connectivity index (χ1v) is 14.1. The molecule has 2 aliphatic rings. The van der Waals surface area contributed by atoms with Crippen LogP contribution in [0.4, 0.5) is 0 Å². The molecule has 2 aliphatic heterocycles. The number of piperidine rings is 1. The van der Waals surface area contributed by atoms with Crippen LogP contribution in [0.15, 0.2) is 59.5 Å². The summed E-state index contributed by atoms with van der Waals surface area (Å²) in [5, 5.41) is 10.4. The van der Waals surface area contributed by atoms with Gasteiger partial charge in [0.15, 0.2) is 9.84 Å². The molecule has 1 N–H and O–H groups in total. The van der Waals surface area contributed by atoms with E-state index >= 15 is 0 Å². The number of sulfone groups is 1. The van der Waals surface area contributed by atoms with Crippen molar-refractivity contribution in [3.8, 4) is 5.75 Å². The summed E-state index contributed by atoms with van der Waals surface area (Å²) in [6, 6.07) is 17.5. The molecule has 7 nitrogen and oxygen atoms in total. The third kappa shape index (κ3) is 7.02. The predicted molar refractivity (Wildman–Crippen MR) is 134 cm³/mol. The topological polar surface area (TPSA) is 73.3 Å². The molecule has 1 atom stereocenters. The second-order valence-electron chi connectivity index (χ2n) is 9.50. The van der Waals surface area contributed by atoms with Gasteiger partial charge >= 0.3 is 0 Å². The lowest BCUT2D eigenvalue weighted by molar-refractivity contribution is 0.0242. The van der Waals surface area contributed by atoms with E-state index in [9.17, 15) is 13.5 Å². The highest BCUT2D eigenvalue weighted by Crippen LogP contribution is 2.23. The number of benzene rings is 2. The number of aliphatic hydroxyl groups excluding tert-OH is 1. The first kappa shape index (κ1) is 25.1. The normalized spacial score (nSPS) is 20.3.